The molecule has 0 radical (unpaired) electrons. The van der Waals surface area contributed by atoms with Gasteiger partial charge in [-0.15, -0.1) is 0 Å². The number of nitrogen functional groups attached to an aromatic ring is 1. The van der Waals surface area contributed by atoms with Gasteiger partial charge in [0.15, 0.2) is 5.65 Å². The highest BCUT2D eigenvalue weighted by Gasteiger charge is 2.39. The number of hydrogen-bond donors (Lipinski definition) is 2. The first-order chi connectivity index (χ1) is 30.8. The highest BCUT2D eigenvalue weighted by molar-refractivity contribution is 6.05. The predicted octanol–water partition coefficient (Wildman–Crippen LogP) is 4.88. The van der Waals surface area contributed by atoms with Gasteiger partial charge in [-0.2, -0.15) is 5.10 Å². The first kappa shape index (κ1) is 40.7. The van der Waals surface area contributed by atoms with Gasteiger partial charge in [0, 0.05) is 76.5 Å². The summed E-state index contributed by atoms with van der Waals surface area (Å²) in [5, 5.41) is 8.18. The maximum absolute atomic E-state index is 13.7. The van der Waals surface area contributed by atoms with Crippen molar-refractivity contribution in [3.05, 3.63) is 95.8 Å². The molecule has 0 bridgehead atoms. The molecule has 3 aromatic carbocycles. The van der Waals surface area contributed by atoms with E-state index in [0.717, 1.165) is 112 Å². The minimum atomic E-state index is -0.595. The highest BCUT2D eigenvalue weighted by atomic mass is 16.5. The maximum atomic E-state index is 13.7. The van der Waals surface area contributed by atoms with E-state index in [9.17, 15) is 19.2 Å². The Morgan fingerprint density at radius 3 is 2.19 bits per heavy atom. The van der Waals surface area contributed by atoms with Crippen LogP contribution in [0.3, 0.4) is 0 Å². The minimum absolute atomic E-state index is 0.0686. The van der Waals surface area contributed by atoms with E-state index in [1.54, 1.807) is 4.90 Å². The van der Waals surface area contributed by atoms with Gasteiger partial charge in [-0.05, 0) is 105 Å². The van der Waals surface area contributed by atoms with Gasteiger partial charge >= 0.3 is 6.03 Å². The average Bonchev–Trinajstić information content (AvgIpc) is 3.87. The predicted molar refractivity (Wildman–Crippen MR) is 236 cm³/mol. The topological polar surface area (TPSA) is 175 Å². The SMILES string of the molecule is Nc1ncnc2c1c(-c1ccc(Oc3ccccc3)cc1)nn2C1CCN(C(=O)N2CCN(CCN3CCC(c4ccc5c(c4)CN(C4CCC(=O)NC4=O)C5=O)CC3)CC2)CC1. The summed E-state index contributed by atoms with van der Waals surface area (Å²) in [6.45, 7) is 8.90. The number of amides is 5. The van der Waals surface area contributed by atoms with Gasteiger partial charge in [0.1, 0.15) is 35.4 Å². The molecule has 10 rings (SSSR count). The van der Waals surface area contributed by atoms with Crippen LogP contribution in [0.15, 0.2) is 79.1 Å². The Hall–Kier alpha value is -6.39. The Bertz CT molecular complexity index is 2510. The van der Waals surface area contributed by atoms with Crippen molar-refractivity contribution in [1.29, 1.82) is 0 Å². The van der Waals surface area contributed by atoms with Crippen molar-refractivity contribution in [2.45, 2.75) is 63.1 Å². The van der Waals surface area contributed by atoms with E-state index in [1.165, 1.54) is 11.9 Å². The van der Waals surface area contributed by atoms with E-state index >= 15 is 0 Å². The Morgan fingerprint density at radius 2 is 1.46 bits per heavy atom. The van der Waals surface area contributed by atoms with Gasteiger partial charge in [-0.1, -0.05) is 30.3 Å². The molecule has 3 N–H and O–H groups in total. The number of piperidine rings is 3. The Balaban J connectivity index is 0.675. The molecule has 16 heteroatoms. The number of rotatable bonds is 9. The molecule has 4 saturated heterocycles. The third-order valence-corrected chi connectivity index (χ3v) is 13.7. The van der Waals surface area contributed by atoms with E-state index in [-0.39, 0.29) is 36.2 Å². The van der Waals surface area contributed by atoms with Gasteiger partial charge in [0.2, 0.25) is 11.8 Å². The van der Waals surface area contributed by atoms with Crippen LogP contribution in [0.25, 0.3) is 22.3 Å². The number of fused-ring (bicyclic) bond motifs is 2. The van der Waals surface area contributed by atoms with Gasteiger partial charge in [0.05, 0.1) is 11.4 Å². The number of para-hydroxylation sites is 1. The Morgan fingerprint density at radius 1 is 0.762 bits per heavy atom. The zero-order valence-corrected chi connectivity index (χ0v) is 35.4. The van der Waals surface area contributed by atoms with Crippen LogP contribution in [-0.2, 0) is 16.1 Å². The molecule has 0 saturated carbocycles. The largest absolute Gasteiger partial charge is 0.457 e. The van der Waals surface area contributed by atoms with Gasteiger partial charge in [-0.3, -0.25) is 24.6 Å². The van der Waals surface area contributed by atoms with Crippen LogP contribution in [-0.4, -0.2) is 139 Å². The second-order valence-electron chi connectivity index (χ2n) is 17.5. The number of anilines is 1. The van der Waals surface area contributed by atoms with Gasteiger partial charge in [0.25, 0.3) is 5.91 Å². The third kappa shape index (κ3) is 8.32. The van der Waals surface area contributed by atoms with Crippen molar-refractivity contribution in [3.63, 3.8) is 0 Å². The molecule has 16 nitrogen and oxygen atoms in total. The standard InChI is InChI=1S/C47H53N11O5/c48-43-41-42(32-6-9-37(10-7-32)63-36-4-2-1-3-5-36)52-58(44(41)50-30-49-43)35-16-20-55(21-17-35)47(62)56-26-24-54(25-27-56)23-22-53-18-14-31(15-19-53)33-8-11-38-34(28-33)29-57(46(38)61)39-12-13-40(59)51-45(39)60/h1-11,28,30-31,35,39H,12-27,29H2,(H2,48,49,50)(H,51,59,60). The van der Waals surface area contributed by atoms with Crippen LogP contribution in [0.1, 0.15) is 72.0 Å². The molecular formula is C47H53N11O5. The lowest BCUT2D eigenvalue weighted by Crippen LogP contribution is -2.55. The third-order valence-electron chi connectivity index (χ3n) is 13.7. The summed E-state index contributed by atoms with van der Waals surface area (Å²) in [7, 11) is 0. The molecule has 5 aliphatic heterocycles. The van der Waals surface area contributed by atoms with Crippen LogP contribution >= 0.6 is 0 Å². The molecule has 326 valence electrons. The molecule has 7 heterocycles. The van der Waals surface area contributed by atoms with Gasteiger partial charge < -0.3 is 30.1 Å². The van der Waals surface area contributed by atoms with Crippen molar-refractivity contribution in [3.8, 4) is 22.8 Å². The van der Waals surface area contributed by atoms with Crippen molar-refractivity contribution in [2.24, 2.45) is 0 Å². The fourth-order valence-electron chi connectivity index (χ4n) is 10.0. The number of carbonyl (C=O) groups excluding carboxylic acids is 4. The summed E-state index contributed by atoms with van der Waals surface area (Å²) in [4.78, 5) is 70.6. The number of nitrogens with one attached hydrogen (secondary N) is 1. The van der Waals surface area contributed by atoms with E-state index in [1.807, 2.05) is 75.1 Å². The first-order valence-corrected chi connectivity index (χ1v) is 22.3. The van der Waals surface area contributed by atoms with Crippen molar-refractivity contribution in [1.82, 2.24) is 49.6 Å². The number of urea groups is 1. The van der Waals surface area contributed by atoms with E-state index in [0.29, 0.717) is 49.0 Å². The number of hydrogen-bond acceptors (Lipinski definition) is 11. The molecule has 1 atom stereocenters. The number of piperazine rings is 1. The molecule has 5 aliphatic rings. The minimum Gasteiger partial charge on any atom is -0.457 e. The number of nitrogens with zero attached hydrogens (tertiary/aromatic N) is 9. The number of likely N-dealkylation sites (tertiary alicyclic amines) is 2. The fourth-order valence-corrected chi connectivity index (χ4v) is 10.0. The maximum Gasteiger partial charge on any atom is 0.320 e. The van der Waals surface area contributed by atoms with Crippen LogP contribution in [0.4, 0.5) is 10.6 Å². The normalized spacial score (nSPS) is 20.7. The number of aromatic nitrogens is 4. The molecule has 1 unspecified atom stereocenters. The van der Waals surface area contributed by atoms with Crippen LogP contribution in [0.5, 0.6) is 11.5 Å². The van der Waals surface area contributed by atoms with Gasteiger partial charge in [-0.25, -0.2) is 19.4 Å². The summed E-state index contributed by atoms with van der Waals surface area (Å²) >= 11 is 0. The first-order valence-electron chi connectivity index (χ1n) is 22.3. The number of benzene rings is 3. The zero-order chi connectivity index (χ0) is 43.0. The number of carbonyl (C=O) groups is 4. The smallest absolute Gasteiger partial charge is 0.320 e. The van der Waals surface area contributed by atoms with Crippen molar-refractivity contribution >= 4 is 40.6 Å². The molecule has 5 aromatic rings. The van der Waals surface area contributed by atoms with Crippen LogP contribution in [0, 0.1) is 0 Å². The lowest BCUT2D eigenvalue weighted by molar-refractivity contribution is -0.136. The fraction of sp³-hybridized carbons (Fsp3) is 0.426. The average molecular weight is 852 g/mol. The number of imide groups is 1. The Kier molecular flexibility index (Phi) is 11.2. The molecular weight excluding hydrogens is 799 g/mol. The highest BCUT2D eigenvalue weighted by Crippen LogP contribution is 2.37. The molecule has 2 aromatic heterocycles. The lowest BCUT2D eigenvalue weighted by Gasteiger charge is -2.40. The second kappa shape index (κ2) is 17.4. The molecule has 4 fully saturated rings. The summed E-state index contributed by atoms with van der Waals surface area (Å²) in [6, 6.07) is 23.2. The zero-order valence-electron chi connectivity index (χ0n) is 35.4. The second-order valence-corrected chi connectivity index (χ2v) is 17.5. The molecule has 0 aliphatic carbocycles. The van der Waals surface area contributed by atoms with Crippen LogP contribution < -0.4 is 15.8 Å². The van der Waals surface area contributed by atoms with E-state index in [2.05, 4.69) is 37.2 Å². The van der Waals surface area contributed by atoms with Crippen LogP contribution in [0.2, 0.25) is 0 Å². The molecule has 63 heavy (non-hydrogen) atoms. The van der Waals surface area contributed by atoms with Crippen molar-refractivity contribution < 1.29 is 23.9 Å². The lowest BCUT2D eigenvalue weighted by atomic mass is 9.88. The molecule has 0 spiro atoms. The van der Waals surface area contributed by atoms with E-state index in [4.69, 9.17) is 15.6 Å². The number of ether oxygens (including phenoxy) is 1. The summed E-state index contributed by atoms with van der Waals surface area (Å²) < 4.78 is 7.98. The monoisotopic (exact) mass is 851 g/mol. The summed E-state index contributed by atoms with van der Waals surface area (Å²) in [5.41, 5.74) is 11.6. The summed E-state index contributed by atoms with van der Waals surface area (Å²) in [5.74, 6) is 1.53. The molecule has 5 amide bonds. The van der Waals surface area contributed by atoms with E-state index < -0.39 is 6.04 Å². The Labute approximate surface area is 366 Å². The quantitative estimate of drug-likeness (QED) is 0.194. The summed E-state index contributed by atoms with van der Waals surface area (Å²) in [6.07, 6.45) is 5.76. The van der Waals surface area contributed by atoms with Crippen molar-refractivity contribution in [2.75, 3.05) is 71.2 Å². The number of nitrogens with two attached hydrogens (primary N) is 1.